The van der Waals surface area contributed by atoms with E-state index in [1.165, 1.54) is 58.4 Å². The number of hydrogen-bond donors (Lipinski definition) is 4. The van der Waals surface area contributed by atoms with Crippen LogP contribution in [0.4, 0.5) is 10.5 Å². The van der Waals surface area contributed by atoms with Gasteiger partial charge in [0.1, 0.15) is 23.7 Å². The first-order valence-electron chi connectivity index (χ1n) is 19.1. The molecule has 4 unspecified atom stereocenters. The summed E-state index contributed by atoms with van der Waals surface area (Å²) in [5, 5.41) is 18.3. The van der Waals surface area contributed by atoms with E-state index in [0.717, 1.165) is 30.4 Å². The lowest BCUT2D eigenvalue weighted by Crippen LogP contribution is -2.63. The molecule has 14 heteroatoms. The standard InChI is InChI=1S/C43H53N5O8S/c1-25(47(7)41(55)56-42(2,3)4)36(49)46-35(43(5,6)57-8)39(52)48-24-30-22-31(44-37(50)27-16-18-28(19-17-27)40(53)54)21-20-29(30)23-34(48)38(51)45-33-15-11-13-26-12-9-10-14-32(26)33/h9-10,12,14,16-22,25,33-35H,11,13,15,23-24H2,1-8H3,(H,44,50)(H,45,51)(H,46,49)(H,53,54). The highest BCUT2D eigenvalue weighted by Gasteiger charge is 2.45. The predicted molar refractivity (Wildman–Crippen MR) is 219 cm³/mol. The summed E-state index contributed by atoms with van der Waals surface area (Å²) >= 11 is 1.38. The highest BCUT2D eigenvalue weighted by molar-refractivity contribution is 8.00. The summed E-state index contributed by atoms with van der Waals surface area (Å²) in [6, 6.07) is 15.7. The van der Waals surface area contributed by atoms with Gasteiger partial charge in [-0.15, -0.1) is 0 Å². The van der Waals surface area contributed by atoms with E-state index in [1.807, 2.05) is 44.4 Å². The quantitative estimate of drug-likeness (QED) is 0.182. The second-order valence-electron chi connectivity index (χ2n) is 16.2. The van der Waals surface area contributed by atoms with Gasteiger partial charge >= 0.3 is 12.1 Å². The number of carbonyl (C=O) groups excluding carboxylic acids is 5. The molecule has 0 aromatic heterocycles. The first-order valence-corrected chi connectivity index (χ1v) is 20.3. The Bertz CT molecular complexity index is 2030. The number of nitrogens with zero attached hydrogens (tertiary/aromatic N) is 2. The lowest BCUT2D eigenvalue weighted by atomic mass is 9.87. The van der Waals surface area contributed by atoms with Gasteiger partial charge in [-0.3, -0.25) is 24.1 Å². The van der Waals surface area contributed by atoms with Crippen LogP contribution in [0.15, 0.2) is 66.7 Å². The first kappa shape index (κ1) is 42.8. The number of benzene rings is 3. The van der Waals surface area contributed by atoms with Crippen LogP contribution in [0.3, 0.4) is 0 Å². The van der Waals surface area contributed by atoms with Gasteiger partial charge in [0.25, 0.3) is 5.91 Å². The van der Waals surface area contributed by atoms with Crippen molar-refractivity contribution in [3.63, 3.8) is 0 Å². The topological polar surface area (TPSA) is 174 Å². The number of hydrogen-bond acceptors (Lipinski definition) is 8. The number of carboxylic acid groups (broad SMARTS) is 1. The normalized spacial score (nSPS) is 17.5. The van der Waals surface area contributed by atoms with E-state index in [4.69, 9.17) is 4.74 Å². The zero-order valence-electron chi connectivity index (χ0n) is 33.8. The molecule has 0 fully saturated rings. The number of aryl methyl sites for hydroxylation is 1. The van der Waals surface area contributed by atoms with Crippen molar-refractivity contribution < 1.29 is 38.6 Å². The first-order chi connectivity index (χ1) is 26.8. The average Bonchev–Trinajstić information content (AvgIpc) is 3.17. The molecule has 304 valence electrons. The van der Waals surface area contributed by atoms with Crippen molar-refractivity contribution in [3.8, 4) is 0 Å². The third-order valence-electron chi connectivity index (χ3n) is 10.7. The molecule has 0 saturated heterocycles. The van der Waals surface area contributed by atoms with Crippen molar-refractivity contribution in [3.05, 3.63) is 100 Å². The van der Waals surface area contributed by atoms with E-state index >= 15 is 0 Å². The fourth-order valence-electron chi connectivity index (χ4n) is 7.01. The molecular weight excluding hydrogens is 747 g/mol. The molecule has 13 nitrogen and oxygen atoms in total. The number of rotatable bonds is 11. The summed E-state index contributed by atoms with van der Waals surface area (Å²) in [5.74, 6) is -2.91. The van der Waals surface area contributed by atoms with Crippen LogP contribution in [0.5, 0.6) is 0 Å². The molecule has 1 aliphatic carbocycles. The number of likely N-dealkylation sites (N-methyl/N-ethyl adjacent to an activating group) is 1. The van der Waals surface area contributed by atoms with Gasteiger partial charge in [0.15, 0.2) is 0 Å². The van der Waals surface area contributed by atoms with Crippen molar-refractivity contribution in [2.24, 2.45) is 0 Å². The van der Waals surface area contributed by atoms with Crippen LogP contribution in [-0.2, 0) is 38.5 Å². The Kier molecular flexibility index (Phi) is 13.1. The summed E-state index contributed by atoms with van der Waals surface area (Å²) in [6.07, 6.45) is 3.91. The zero-order valence-corrected chi connectivity index (χ0v) is 34.6. The van der Waals surface area contributed by atoms with Gasteiger partial charge in [-0.2, -0.15) is 11.8 Å². The minimum Gasteiger partial charge on any atom is -0.478 e. The molecule has 0 bridgehead atoms. The number of ether oxygens (including phenoxy) is 1. The number of fused-ring (bicyclic) bond motifs is 2. The van der Waals surface area contributed by atoms with Crippen LogP contribution in [0.2, 0.25) is 0 Å². The maximum atomic E-state index is 15.0. The smallest absolute Gasteiger partial charge is 0.410 e. The number of thioether (sulfide) groups is 1. The summed E-state index contributed by atoms with van der Waals surface area (Å²) in [7, 11) is 1.46. The minimum absolute atomic E-state index is 0.00865. The predicted octanol–water partition coefficient (Wildman–Crippen LogP) is 5.97. The van der Waals surface area contributed by atoms with Gasteiger partial charge in [0, 0.05) is 36.0 Å². The molecule has 3 aromatic rings. The van der Waals surface area contributed by atoms with E-state index in [9.17, 15) is 33.9 Å². The van der Waals surface area contributed by atoms with Gasteiger partial charge in [0.2, 0.25) is 17.7 Å². The molecule has 1 heterocycles. The third kappa shape index (κ3) is 10.1. The molecule has 0 radical (unpaired) electrons. The fraction of sp³-hybridized carbons (Fsp3) is 0.442. The van der Waals surface area contributed by atoms with E-state index < -0.39 is 58.3 Å². The monoisotopic (exact) mass is 799 g/mol. The summed E-state index contributed by atoms with van der Waals surface area (Å²) < 4.78 is 4.62. The Labute approximate surface area is 338 Å². The SMILES string of the molecule is CSC(C)(C)C(NC(=O)C(C)N(C)C(=O)OC(C)(C)C)C(=O)N1Cc2cc(NC(=O)c3ccc(C(=O)O)cc3)ccc2CC1C(=O)NC1CCCc2ccccc21. The van der Waals surface area contributed by atoms with E-state index in [2.05, 4.69) is 22.0 Å². The number of amides is 5. The highest BCUT2D eigenvalue weighted by Crippen LogP contribution is 2.34. The lowest BCUT2D eigenvalue weighted by molar-refractivity contribution is -0.145. The van der Waals surface area contributed by atoms with E-state index in [0.29, 0.717) is 11.3 Å². The second-order valence-corrected chi connectivity index (χ2v) is 17.6. The average molecular weight is 800 g/mol. The molecule has 3 aromatic carbocycles. The molecule has 0 saturated carbocycles. The Morgan fingerprint density at radius 1 is 0.912 bits per heavy atom. The van der Waals surface area contributed by atoms with Crippen LogP contribution < -0.4 is 16.0 Å². The zero-order chi connectivity index (χ0) is 41.8. The molecule has 0 spiro atoms. The van der Waals surface area contributed by atoms with Crippen molar-refractivity contribution in [2.45, 2.75) is 108 Å². The maximum absolute atomic E-state index is 15.0. The van der Waals surface area contributed by atoms with Crippen LogP contribution in [0.1, 0.15) is 103 Å². The third-order valence-corrected chi connectivity index (χ3v) is 11.9. The summed E-state index contributed by atoms with van der Waals surface area (Å²) in [5.41, 5.74) is 3.75. The van der Waals surface area contributed by atoms with Gasteiger partial charge in [-0.25, -0.2) is 9.59 Å². The molecule has 2 aliphatic rings. The summed E-state index contributed by atoms with van der Waals surface area (Å²) in [4.78, 5) is 83.3. The van der Waals surface area contributed by atoms with Gasteiger partial charge in [0.05, 0.1) is 11.6 Å². The molecule has 57 heavy (non-hydrogen) atoms. The van der Waals surface area contributed by atoms with Crippen LogP contribution >= 0.6 is 11.8 Å². The Morgan fingerprint density at radius 3 is 2.23 bits per heavy atom. The largest absolute Gasteiger partial charge is 0.478 e. The molecule has 5 amide bonds. The minimum atomic E-state index is -1.11. The van der Waals surface area contributed by atoms with Crippen LogP contribution in [0, 0.1) is 0 Å². The van der Waals surface area contributed by atoms with Crippen molar-refractivity contribution in [2.75, 3.05) is 18.6 Å². The number of anilines is 1. The van der Waals surface area contributed by atoms with Gasteiger partial charge in [-0.1, -0.05) is 30.3 Å². The maximum Gasteiger partial charge on any atom is 0.410 e. The molecule has 4 atom stereocenters. The number of nitrogens with one attached hydrogen (secondary N) is 3. The second kappa shape index (κ2) is 17.4. The molecular formula is C43H53N5O8S. The number of carboxylic acids is 1. The van der Waals surface area contributed by atoms with E-state index in [1.54, 1.807) is 39.8 Å². The van der Waals surface area contributed by atoms with E-state index in [-0.39, 0.29) is 36.0 Å². The lowest BCUT2D eigenvalue weighted by Gasteiger charge is -2.42. The molecule has 5 rings (SSSR count). The highest BCUT2D eigenvalue weighted by atomic mass is 32.2. The fourth-order valence-corrected chi connectivity index (χ4v) is 7.41. The van der Waals surface area contributed by atoms with Gasteiger partial charge in [-0.05, 0) is 126 Å². The molecule has 1 aliphatic heterocycles. The number of aromatic carboxylic acids is 1. The Hall–Kier alpha value is -5.37. The Balaban J connectivity index is 1.46. The van der Waals surface area contributed by atoms with Crippen LogP contribution in [-0.4, -0.2) is 92.4 Å². The number of carbonyl (C=O) groups is 6. The van der Waals surface area contributed by atoms with Crippen LogP contribution in [0.25, 0.3) is 0 Å². The summed E-state index contributed by atoms with van der Waals surface area (Å²) in [6.45, 7) is 10.4. The molecule has 4 N–H and O–H groups in total. The Morgan fingerprint density at radius 2 is 1.58 bits per heavy atom. The van der Waals surface area contributed by atoms with Crippen molar-refractivity contribution >= 4 is 53.1 Å². The van der Waals surface area contributed by atoms with Crippen molar-refractivity contribution in [1.29, 1.82) is 0 Å². The van der Waals surface area contributed by atoms with Crippen molar-refractivity contribution in [1.82, 2.24) is 20.4 Å². The van der Waals surface area contributed by atoms with Gasteiger partial charge < -0.3 is 30.7 Å².